The normalized spacial score (nSPS) is 29.2. The molecule has 1 heterocycles. The van der Waals surface area contributed by atoms with Crippen LogP contribution >= 0.6 is 0 Å². The highest BCUT2D eigenvalue weighted by molar-refractivity contribution is 5.39. The second-order valence-corrected chi connectivity index (χ2v) is 6.75. The Labute approximate surface area is 122 Å². The first kappa shape index (κ1) is 13.9. The van der Waals surface area contributed by atoms with Crippen LogP contribution in [0.1, 0.15) is 51.0 Å². The zero-order valence-corrected chi connectivity index (χ0v) is 12.8. The van der Waals surface area contributed by atoms with Crippen molar-refractivity contribution in [3.8, 4) is 5.75 Å². The summed E-state index contributed by atoms with van der Waals surface area (Å²) in [6.07, 6.45) is 5.54. The van der Waals surface area contributed by atoms with E-state index < -0.39 is 0 Å². The predicted octanol–water partition coefficient (Wildman–Crippen LogP) is 3.97. The van der Waals surface area contributed by atoms with Crippen molar-refractivity contribution in [3.05, 3.63) is 29.8 Å². The molecule has 3 rings (SSSR count). The second-order valence-electron chi connectivity index (χ2n) is 6.75. The lowest BCUT2D eigenvalue weighted by atomic mass is 9.77. The highest BCUT2D eigenvalue weighted by Gasteiger charge is 2.29. The van der Waals surface area contributed by atoms with E-state index in [2.05, 4.69) is 43.4 Å². The maximum Gasteiger partial charge on any atom is 0.122 e. The van der Waals surface area contributed by atoms with Crippen LogP contribution in [0.4, 0.5) is 0 Å². The third kappa shape index (κ3) is 2.85. The average molecular weight is 273 g/mol. The molecule has 1 aromatic rings. The van der Waals surface area contributed by atoms with Gasteiger partial charge < -0.3 is 10.1 Å². The van der Waals surface area contributed by atoms with Gasteiger partial charge in [-0.3, -0.25) is 0 Å². The molecule has 1 aromatic carbocycles. The van der Waals surface area contributed by atoms with E-state index in [9.17, 15) is 0 Å². The predicted molar refractivity (Wildman–Crippen MR) is 83.3 cm³/mol. The summed E-state index contributed by atoms with van der Waals surface area (Å²) in [6.45, 7) is 6.65. The molecule has 2 heteroatoms. The number of ether oxygens (including phenoxy) is 1. The molecule has 2 aliphatic rings. The second kappa shape index (κ2) is 6.17. The SMILES string of the molecule is CC(C)C1CCCCC1NCC1COc2ccccc21. The summed E-state index contributed by atoms with van der Waals surface area (Å²) in [6, 6.07) is 9.20. The summed E-state index contributed by atoms with van der Waals surface area (Å²) in [5.41, 5.74) is 1.39. The fourth-order valence-corrected chi connectivity index (χ4v) is 3.90. The topological polar surface area (TPSA) is 21.3 Å². The average Bonchev–Trinajstić information content (AvgIpc) is 2.88. The van der Waals surface area contributed by atoms with Crippen LogP contribution in [0.3, 0.4) is 0 Å². The van der Waals surface area contributed by atoms with Gasteiger partial charge in [0.1, 0.15) is 5.75 Å². The Morgan fingerprint density at radius 2 is 2.00 bits per heavy atom. The zero-order valence-electron chi connectivity index (χ0n) is 12.8. The van der Waals surface area contributed by atoms with Crippen molar-refractivity contribution < 1.29 is 4.74 Å². The number of benzene rings is 1. The first-order valence-electron chi connectivity index (χ1n) is 8.21. The molecular formula is C18H27NO. The number of hydrogen-bond donors (Lipinski definition) is 1. The van der Waals surface area contributed by atoms with E-state index in [4.69, 9.17) is 4.74 Å². The van der Waals surface area contributed by atoms with Crippen LogP contribution in [0.15, 0.2) is 24.3 Å². The molecule has 2 nitrogen and oxygen atoms in total. The van der Waals surface area contributed by atoms with Crippen LogP contribution in [-0.2, 0) is 0 Å². The van der Waals surface area contributed by atoms with Crippen molar-refractivity contribution in [2.45, 2.75) is 51.5 Å². The number of fused-ring (bicyclic) bond motifs is 1. The molecule has 1 aliphatic heterocycles. The van der Waals surface area contributed by atoms with Gasteiger partial charge in [-0.05, 0) is 30.7 Å². The van der Waals surface area contributed by atoms with Crippen LogP contribution in [0, 0.1) is 11.8 Å². The fraction of sp³-hybridized carbons (Fsp3) is 0.667. The van der Waals surface area contributed by atoms with Crippen molar-refractivity contribution >= 4 is 0 Å². The highest BCUT2D eigenvalue weighted by atomic mass is 16.5. The van der Waals surface area contributed by atoms with Crippen molar-refractivity contribution in [1.29, 1.82) is 0 Å². The molecular weight excluding hydrogens is 246 g/mol. The minimum absolute atomic E-state index is 0.529. The van der Waals surface area contributed by atoms with E-state index in [0.717, 1.165) is 30.7 Å². The van der Waals surface area contributed by atoms with Crippen LogP contribution in [0.5, 0.6) is 5.75 Å². The Balaban J connectivity index is 1.59. The molecule has 20 heavy (non-hydrogen) atoms. The lowest BCUT2D eigenvalue weighted by Gasteiger charge is -2.35. The number of hydrogen-bond acceptors (Lipinski definition) is 2. The van der Waals surface area contributed by atoms with E-state index in [1.54, 1.807) is 0 Å². The standard InChI is InChI=1S/C18H27NO/c1-13(2)15-7-3-5-9-17(15)19-11-14-12-20-18-10-6-4-8-16(14)18/h4,6,8,10,13-15,17,19H,3,5,7,9,11-12H2,1-2H3. The molecule has 0 aromatic heterocycles. The van der Waals surface area contributed by atoms with Gasteiger partial charge in [0.25, 0.3) is 0 Å². The monoisotopic (exact) mass is 273 g/mol. The minimum Gasteiger partial charge on any atom is -0.493 e. The van der Waals surface area contributed by atoms with Gasteiger partial charge >= 0.3 is 0 Å². The molecule has 0 spiro atoms. The molecule has 3 atom stereocenters. The summed E-state index contributed by atoms with van der Waals surface area (Å²) in [7, 11) is 0. The Hall–Kier alpha value is -1.02. The molecule has 110 valence electrons. The first-order valence-corrected chi connectivity index (χ1v) is 8.21. The number of rotatable bonds is 4. The van der Waals surface area contributed by atoms with E-state index in [-0.39, 0.29) is 0 Å². The molecule has 0 saturated heterocycles. The lowest BCUT2D eigenvalue weighted by molar-refractivity contribution is 0.201. The molecule has 1 saturated carbocycles. The van der Waals surface area contributed by atoms with Crippen LogP contribution in [-0.4, -0.2) is 19.2 Å². The summed E-state index contributed by atoms with van der Waals surface area (Å²) in [4.78, 5) is 0. The van der Waals surface area contributed by atoms with Crippen molar-refractivity contribution in [2.75, 3.05) is 13.2 Å². The summed E-state index contributed by atoms with van der Waals surface area (Å²) >= 11 is 0. The number of para-hydroxylation sites is 1. The van der Waals surface area contributed by atoms with Gasteiger partial charge in [0.15, 0.2) is 0 Å². The van der Waals surface area contributed by atoms with Gasteiger partial charge in [0.2, 0.25) is 0 Å². The maximum absolute atomic E-state index is 5.79. The van der Waals surface area contributed by atoms with Crippen LogP contribution < -0.4 is 10.1 Å². The van der Waals surface area contributed by atoms with Crippen molar-refractivity contribution in [2.24, 2.45) is 11.8 Å². The van der Waals surface area contributed by atoms with Gasteiger partial charge in [0, 0.05) is 24.1 Å². The Morgan fingerprint density at radius 3 is 2.85 bits per heavy atom. The summed E-state index contributed by atoms with van der Waals surface area (Å²) in [5.74, 6) is 3.26. The van der Waals surface area contributed by atoms with Gasteiger partial charge in [0.05, 0.1) is 6.61 Å². The quantitative estimate of drug-likeness (QED) is 0.896. The smallest absolute Gasteiger partial charge is 0.122 e. The zero-order chi connectivity index (χ0) is 13.9. The molecule has 0 radical (unpaired) electrons. The summed E-state index contributed by atoms with van der Waals surface area (Å²) < 4.78 is 5.79. The summed E-state index contributed by atoms with van der Waals surface area (Å²) in [5, 5.41) is 3.86. The van der Waals surface area contributed by atoms with Crippen LogP contribution in [0.25, 0.3) is 0 Å². The van der Waals surface area contributed by atoms with Crippen molar-refractivity contribution in [3.63, 3.8) is 0 Å². The van der Waals surface area contributed by atoms with E-state index >= 15 is 0 Å². The van der Waals surface area contributed by atoms with E-state index in [0.29, 0.717) is 12.0 Å². The third-order valence-electron chi connectivity index (χ3n) is 5.10. The molecule has 0 amide bonds. The Kier molecular flexibility index (Phi) is 4.30. The largest absolute Gasteiger partial charge is 0.493 e. The first-order chi connectivity index (χ1) is 9.75. The number of nitrogens with one attached hydrogen (secondary N) is 1. The van der Waals surface area contributed by atoms with Gasteiger partial charge in [-0.25, -0.2) is 0 Å². The maximum atomic E-state index is 5.79. The lowest BCUT2D eigenvalue weighted by Crippen LogP contribution is -2.42. The van der Waals surface area contributed by atoms with E-state index in [1.807, 2.05) is 0 Å². The van der Waals surface area contributed by atoms with Crippen molar-refractivity contribution in [1.82, 2.24) is 5.32 Å². The van der Waals surface area contributed by atoms with Gasteiger partial charge in [-0.2, -0.15) is 0 Å². The van der Waals surface area contributed by atoms with Crippen LogP contribution in [0.2, 0.25) is 0 Å². The molecule has 3 unspecified atom stereocenters. The van der Waals surface area contributed by atoms with Gasteiger partial charge in [-0.1, -0.05) is 44.9 Å². The molecule has 1 fully saturated rings. The molecule has 0 bridgehead atoms. The Morgan fingerprint density at radius 1 is 1.20 bits per heavy atom. The van der Waals surface area contributed by atoms with E-state index in [1.165, 1.54) is 31.2 Å². The fourth-order valence-electron chi connectivity index (χ4n) is 3.90. The Bertz CT molecular complexity index is 443. The minimum atomic E-state index is 0.529. The molecule has 1 N–H and O–H groups in total. The highest BCUT2D eigenvalue weighted by Crippen LogP contribution is 2.34. The van der Waals surface area contributed by atoms with Gasteiger partial charge in [-0.15, -0.1) is 0 Å². The third-order valence-corrected chi connectivity index (χ3v) is 5.10. The molecule has 1 aliphatic carbocycles.